The number of para-hydroxylation sites is 2. The van der Waals surface area contributed by atoms with Crippen molar-refractivity contribution < 1.29 is 9.53 Å². The zero-order valence-electron chi connectivity index (χ0n) is 21.4. The molecule has 0 bridgehead atoms. The van der Waals surface area contributed by atoms with Crippen LogP contribution in [0.1, 0.15) is 40.8 Å². The van der Waals surface area contributed by atoms with Gasteiger partial charge in [-0.25, -0.2) is 4.79 Å². The Balaban J connectivity index is 1.77. The molecule has 0 amide bonds. The number of methoxy groups -OCH3 is 1. The Morgan fingerprint density at radius 3 is 1.87 bits per heavy atom. The highest BCUT2D eigenvalue weighted by Gasteiger charge is 2.41. The lowest BCUT2D eigenvalue weighted by Gasteiger charge is -2.46. The molecule has 5 rings (SSSR count). The largest absolute Gasteiger partial charge is 0.466 e. The van der Waals surface area contributed by atoms with E-state index >= 15 is 0 Å². The Morgan fingerprint density at radius 1 is 0.795 bits per heavy atom. The number of benzene rings is 4. The second-order valence-corrected chi connectivity index (χ2v) is 9.21. The van der Waals surface area contributed by atoms with Gasteiger partial charge in [-0.2, -0.15) is 10.5 Å². The third kappa shape index (κ3) is 5.23. The summed E-state index contributed by atoms with van der Waals surface area (Å²) in [6, 6.07) is 38.3. The Morgan fingerprint density at radius 2 is 1.33 bits per heavy atom. The molecular weight excluding hydrogens is 484 g/mol. The Labute approximate surface area is 228 Å². The fourth-order valence-corrected chi connectivity index (χ4v) is 5.10. The van der Waals surface area contributed by atoms with Gasteiger partial charge in [0.05, 0.1) is 48.0 Å². The van der Waals surface area contributed by atoms with E-state index < -0.39 is 12.0 Å². The van der Waals surface area contributed by atoms with Crippen LogP contribution in [-0.4, -0.2) is 13.1 Å². The number of nitrogens with zero attached hydrogens (tertiary/aromatic N) is 3. The molecule has 0 unspecified atom stereocenters. The van der Waals surface area contributed by atoms with Gasteiger partial charge in [-0.15, -0.1) is 0 Å². The van der Waals surface area contributed by atoms with Crippen molar-refractivity contribution in [1.29, 1.82) is 10.5 Å². The maximum absolute atomic E-state index is 13.5. The molecule has 1 aliphatic rings. The van der Waals surface area contributed by atoms with E-state index in [1.807, 2.05) is 97.1 Å². The molecule has 0 saturated carbocycles. The predicted molar refractivity (Wildman–Crippen MR) is 150 cm³/mol. The fraction of sp³-hybridized carbons (Fsp3) is 0.121. The molecule has 0 spiro atoms. The number of carbonyl (C=O) groups is 1. The van der Waals surface area contributed by atoms with Crippen molar-refractivity contribution >= 4 is 17.3 Å². The monoisotopic (exact) mass is 510 g/mol. The van der Waals surface area contributed by atoms with E-state index in [1.54, 1.807) is 12.1 Å². The van der Waals surface area contributed by atoms with E-state index in [1.165, 1.54) is 7.11 Å². The Bertz CT molecular complexity index is 1570. The van der Waals surface area contributed by atoms with Crippen molar-refractivity contribution in [2.24, 2.45) is 0 Å². The van der Waals surface area contributed by atoms with Gasteiger partial charge < -0.3 is 15.0 Å². The quantitative estimate of drug-likeness (QED) is 0.292. The highest BCUT2D eigenvalue weighted by atomic mass is 16.5. The van der Waals surface area contributed by atoms with Gasteiger partial charge in [0.25, 0.3) is 0 Å². The summed E-state index contributed by atoms with van der Waals surface area (Å²) in [5.74, 6) is -0.429. The van der Waals surface area contributed by atoms with Gasteiger partial charge in [0.2, 0.25) is 0 Å². The summed E-state index contributed by atoms with van der Waals surface area (Å²) in [5, 5.41) is 22.3. The van der Waals surface area contributed by atoms with Crippen LogP contribution in [0.4, 0.5) is 11.4 Å². The summed E-state index contributed by atoms with van der Waals surface area (Å²) in [7, 11) is 1.39. The molecular formula is C33H26N4O2. The first-order valence-corrected chi connectivity index (χ1v) is 12.6. The minimum atomic E-state index is -0.520. The van der Waals surface area contributed by atoms with Crippen molar-refractivity contribution in [3.63, 3.8) is 0 Å². The van der Waals surface area contributed by atoms with Gasteiger partial charge in [0.15, 0.2) is 0 Å². The molecule has 4 aromatic rings. The van der Waals surface area contributed by atoms with Crippen LogP contribution < -0.4 is 10.2 Å². The number of anilines is 2. The second kappa shape index (κ2) is 11.4. The topological polar surface area (TPSA) is 89.2 Å². The molecule has 0 saturated heterocycles. The number of hydrogen-bond donors (Lipinski definition) is 1. The zero-order chi connectivity index (χ0) is 27.2. The third-order valence-corrected chi connectivity index (χ3v) is 6.92. The lowest BCUT2D eigenvalue weighted by Crippen LogP contribution is -2.41. The molecule has 6 nitrogen and oxygen atoms in total. The number of rotatable bonds is 6. The number of carbonyl (C=O) groups excluding carboxylic acids is 1. The van der Waals surface area contributed by atoms with Crippen LogP contribution in [-0.2, 0) is 9.53 Å². The van der Waals surface area contributed by atoms with Crippen molar-refractivity contribution in [2.75, 3.05) is 17.3 Å². The second-order valence-electron chi connectivity index (χ2n) is 9.21. The van der Waals surface area contributed by atoms with E-state index in [0.29, 0.717) is 23.1 Å². The van der Waals surface area contributed by atoms with Crippen molar-refractivity contribution in [3.8, 4) is 12.1 Å². The van der Waals surface area contributed by atoms with Crippen molar-refractivity contribution in [2.45, 2.75) is 18.5 Å². The first-order chi connectivity index (χ1) is 19.1. The molecule has 190 valence electrons. The molecule has 1 heterocycles. The lowest BCUT2D eigenvalue weighted by molar-refractivity contribution is -0.136. The van der Waals surface area contributed by atoms with E-state index in [-0.39, 0.29) is 6.04 Å². The van der Waals surface area contributed by atoms with E-state index in [4.69, 9.17) is 4.74 Å². The van der Waals surface area contributed by atoms with Crippen LogP contribution in [0.25, 0.3) is 0 Å². The van der Waals surface area contributed by atoms with E-state index in [0.717, 1.165) is 28.2 Å². The summed E-state index contributed by atoms with van der Waals surface area (Å²) < 4.78 is 5.36. The summed E-state index contributed by atoms with van der Waals surface area (Å²) in [5.41, 5.74) is 6.02. The molecule has 0 radical (unpaired) electrons. The first kappa shape index (κ1) is 25.3. The van der Waals surface area contributed by atoms with Crippen molar-refractivity contribution in [1.82, 2.24) is 0 Å². The fourth-order valence-electron chi connectivity index (χ4n) is 5.10. The van der Waals surface area contributed by atoms with Crippen LogP contribution in [0.5, 0.6) is 0 Å². The molecule has 0 fully saturated rings. The molecule has 0 aliphatic carbocycles. The van der Waals surface area contributed by atoms with Gasteiger partial charge in [-0.3, -0.25) is 0 Å². The normalized spacial score (nSPS) is 16.6. The number of nitriles is 2. The molecule has 2 atom stereocenters. The minimum Gasteiger partial charge on any atom is -0.466 e. The molecule has 1 N–H and O–H groups in total. The number of nitrogens with one attached hydrogen (secondary N) is 1. The minimum absolute atomic E-state index is 0.180. The standard InChI is InChI=1S/C33H26N4O2/c1-39-33(38)31-29(36-27-8-4-2-5-9-27)20-30(25-16-12-23(21-34)13-17-25)37(28-10-6-3-7-11-28)32(31)26-18-14-24(22-35)15-19-26/h2-19,30,32,36H,20H2,1H3/t30-,32+/m0/s1. The van der Waals surface area contributed by atoms with Gasteiger partial charge in [0.1, 0.15) is 0 Å². The van der Waals surface area contributed by atoms with Gasteiger partial charge in [0, 0.05) is 23.5 Å². The van der Waals surface area contributed by atoms with Crippen LogP contribution in [0.2, 0.25) is 0 Å². The van der Waals surface area contributed by atoms with Crippen LogP contribution in [0.3, 0.4) is 0 Å². The zero-order valence-corrected chi connectivity index (χ0v) is 21.4. The van der Waals surface area contributed by atoms with Gasteiger partial charge in [-0.05, 0) is 59.7 Å². The van der Waals surface area contributed by atoms with Crippen LogP contribution in [0, 0.1) is 22.7 Å². The maximum atomic E-state index is 13.5. The molecule has 6 heteroatoms. The smallest absolute Gasteiger partial charge is 0.337 e. The Hall–Kier alpha value is -5.33. The molecule has 1 aliphatic heterocycles. The molecule has 0 aromatic heterocycles. The lowest BCUT2D eigenvalue weighted by atomic mass is 9.83. The number of esters is 1. The van der Waals surface area contributed by atoms with E-state index in [2.05, 4.69) is 22.4 Å². The van der Waals surface area contributed by atoms with E-state index in [9.17, 15) is 15.3 Å². The maximum Gasteiger partial charge on any atom is 0.337 e. The average molecular weight is 511 g/mol. The highest BCUT2D eigenvalue weighted by Crippen LogP contribution is 2.48. The van der Waals surface area contributed by atoms with Crippen molar-refractivity contribution in [3.05, 3.63) is 143 Å². The first-order valence-electron chi connectivity index (χ1n) is 12.6. The summed E-state index contributed by atoms with van der Waals surface area (Å²) >= 11 is 0. The SMILES string of the molecule is COC(=O)C1=C(Nc2ccccc2)C[C@@H](c2ccc(C#N)cc2)N(c2ccccc2)[C@@H]1c1ccc(C#N)cc1. The summed E-state index contributed by atoms with van der Waals surface area (Å²) in [4.78, 5) is 15.8. The third-order valence-electron chi connectivity index (χ3n) is 6.92. The van der Waals surface area contributed by atoms with Gasteiger partial charge >= 0.3 is 5.97 Å². The number of ether oxygens (including phenoxy) is 1. The summed E-state index contributed by atoms with van der Waals surface area (Å²) in [6.45, 7) is 0. The molecule has 39 heavy (non-hydrogen) atoms. The highest BCUT2D eigenvalue weighted by molar-refractivity contribution is 5.93. The predicted octanol–water partition coefficient (Wildman–Crippen LogP) is 6.66. The number of hydrogen-bond acceptors (Lipinski definition) is 6. The van der Waals surface area contributed by atoms with Crippen LogP contribution in [0.15, 0.2) is 120 Å². The average Bonchev–Trinajstić information content (AvgIpc) is 3.01. The van der Waals surface area contributed by atoms with Gasteiger partial charge in [-0.1, -0.05) is 60.7 Å². The summed E-state index contributed by atoms with van der Waals surface area (Å²) in [6.07, 6.45) is 0.493. The van der Waals surface area contributed by atoms with Crippen LogP contribution >= 0.6 is 0 Å². The molecule has 4 aromatic carbocycles. The Kier molecular flexibility index (Phi) is 7.39.